The van der Waals surface area contributed by atoms with E-state index in [1.807, 2.05) is 5.32 Å². The van der Waals surface area contributed by atoms with E-state index >= 15 is 0 Å². The Morgan fingerprint density at radius 3 is 2.52 bits per heavy atom. The number of carbonyl (C=O) groups excluding carboxylic acids is 1. The molecular formula is C13H9F4N3O3. The van der Waals surface area contributed by atoms with Crippen molar-refractivity contribution in [2.75, 3.05) is 5.32 Å². The molecule has 10 heteroatoms. The lowest BCUT2D eigenvalue weighted by Crippen LogP contribution is -2.16. The molecule has 122 valence electrons. The number of aromatic nitrogens is 2. The van der Waals surface area contributed by atoms with Crippen molar-refractivity contribution < 1.29 is 32.3 Å². The molecule has 0 spiro atoms. The summed E-state index contributed by atoms with van der Waals surface area (Å²) in [7, 11) is 1.31. The number of alkyl halides is 2. The number of halogens is 4. The van der Waals surface area contributed by atoms with Crippen LogP contribution in [0.2, 0.25) is 0 Å². The largest absolute Gasteiger partial charge is 0.477 e. The van der Waals surface area contributed by atoms with Gasteiger partial charge in [0.15, 0.2) is 5.82 Å². The van der Waals surface area contributed by atoms with E-state index in [9.17, 15) is 27.2 Å². The quantitative estimate of drug-likeness (QED) is 0.844. The van der Waals surface area contributed by atoms with Crippen LogP contribution in [0.5, 0.6) is 0 Å². The average Bonchev–Trinajstić information content (AvgIpc) is 2.84. The molecule has 0 aliphatic heterocycles. The van der Waals surface area contributed by atoms with E-state index in [-0.39, 0.29) is 0 Å². The molecule has 23 heavy (non-hydrogen) atoms. The Kier molecular flexibility index (Phi) is 4.34. The van der Waals surface area contributed by atoms with Crippen molar-refractivity contribution in [2.45, 2.75) is 6.43 Å². The van der Waals surface area contributed by atoms with Gasteiger partial charge in [-0.3, -0.25) is 9.48 Å². The summed E-state index contributed by atoms with van der Waals surface area (Å²) in [6.45, 7) is 0. The van der Waals surface area contributed by atoms with Crippen molar-refractivity contribution in [3.8, 4) is 0 Å². The molecule has 0 saturated carbocycles. The normalized spacial score (nSPS) is 10.9. The van der Waals surface area contributed by atoms with Crippen LogP contribution in [0.15, 0.2) is 18.3 Å². The van der Waals surface area contributed by atoms with Crippen molar-refractivity contribution in [3.05, 3.63) is 46.8 Å². The molecule has 0 unspecified atom stereocenters. The second kappa shape index (κ2) is 6.07. The summed E-state index contributed by atoms with van der Waals surface area (Å²) < 4.78 is 53.7. The van der Waals surface area contributed by atoms with Crippen molar-refractivity contribution >= 4 is 17.6 Å². The van der Waals surface area contributed by atoms with Gasteiger partial charge in [-0.2, -0.15) is 5.10 Å². The van der Waals surface area contributed by atoms with Crippen LogP contribution in [0.25, 0.3) is 0 Å². The van der Waals surface area contributed by atoms with Gasteiger partial charge in [0.2, 0.25) is 0 Å². The van der Waals surface area contributed by atoms with E-state index in [2.05, 4.69) is 5.10 Å². The van der Waals surface area contributed by atoms with Crippen LogP contribution in [-0.4, -0.2) is 26.8 Å². The van der Waals surface area contributed by atoms with Gasteiger partial charge in [-0.15, -0.1) is 0 Å². The first kappa shape index (κ1) is 16.5. The number of carboxylic acids is 1. The van der Waals surface area contributed by atoms with Crippen LogP contribution in [0, 0.1) is 11.6 Å². The highest BCUT2D eigenvalue weighted by molar-refractivity contribution is 6.05. The fourth-order valence-corrected chi connectivity index (χ4v) is 1.88. The summed E-state index contributed by atoms with van der Waals surface area (Å²) in [5, 5.41) is 14.1. The fraction of sp³-hybridized carbons (Fsp3) is 0.154. The van der Waals surface area contributed by atoms with Gasteiger partial charge < -0.3 is 10.4 Å². The third kappa shape index (κ3) is 3.15. The maximum atomic E-state index is 13.9. The second-order valence-corrected chi connectivity index (χ2v) is 4.45. The van der Waals surface area contributed by atoms with Crippen LogP contribution in [0.4, 0.5) is 23.2 Å². The lowest BCUT2D eigenvalue weighted by atomic mass is 10.1. The van der Waals surface area contributed by atoms with Gasteiger partial charge in [0.1, 0.15) is 17.1 Å². The number of hydrogen-bond acceptors (Lipinski definition) is 3. The maximum Gasteiger partial charge on any atom is 0.341 e. The Hall–Kier alpha value is -2.91. The molecule has 1 aromatic carbocycles. The average molecular weight is 331 g/mol. The summed E-state index contributed by atoms with van der Waals surface area (Å²) in [4.78, 5) is 22.8. The van der Waals surface area contributed by atoms with Gasteiger partial charge in [-0.05, 0) is 12.1 Å². The van der Waals surface area contributed by atoms with Gasteiger partial charge >= 0.3 is 5.97 Å². The molecule has 1 aromatic heterocycles. The summed E-state index contributed by atoms with van der Waals surface area (Å²) in [6.07, 6.45) is -2.04. The zero-order valence-corrected chi connectivity index (χ0v) is 11.5. The number of nitrogens with one attached hydrogen (secondary N) is 1. The standard InChI is InChI=1S/C13H9F4N3O3/c1-20-4-5(10(19-20)11(16)17)12(21)18-7-3-2-6(14)8(9(7)15)13(22)23/h2-4,11H,1H3,(H,18,21)(H,22,23). The van der Waals surface area contributed by atoms with E-state index in [0.717, 1.165) is 16.9 Å². The van der Waals surface area contributed by atoms with Gasteiger partial charge in [-0.25, -0.2) is 22.4 Å². The lowest BCUT2D eigenvalue weighted by Gasteiger charge is -2.08. The van der Waals surface area contributed by atoms with Crippen molar-refractivity contribution in [3.63, 3.8) is 0 Å². The number of rotatable bonds is 4. The van der Waals surface area contributed by atoms with E-state index in [0.29, 0.717) is 6.07 Å². The first-order chi connectivity index (χ1) is 10.7. The number of benzene rings is 1. The van der Waals surface area contributed by atoms with Crippen LogP contribution in [0.1, 0.15) is 32.8 Å². The minimum atomic E-state index is -3.04. The van der Waals surface area contributed by atoms with E-state index in [4.69, 9.17) is 5.11 Å². The topological polar surface area (TPSA) is 84.2 Å². The Bertz CT molecular complexity index is 789. The molecule has 2 rings (SSSR count). The number of nitrogens with zero attached hydrogens (tertiary/aromatic N) is 2. The smallest absolute Gasteiger partial charge is 0.341 e. The van der Waals surface area contributed by atoms with Crippen molar-refractivity contribution in [1.82, 2.24) is 9.78 Å². The third-order valence-corrected chi connectivity index (χ3v) is 2.86. The SMILES string of the molecule is Cn1cc(C(=O)Nc2ccc(F)c(C(=O)O)c2F)c(C(F)F)n1. The van der Waals surface area contributed by atoms with Gasteiger partial charge in [0.25, 0.3) is 12.3 Å². The van der Waals surface area contributed by atoms with Crippen molar-refractivity contribution in [2.24, 2.45) is 7.05 Å². The number of carbonyl (C=O) groups is 2. The van der Waals surface area contributed by atoms with Crippen molar-refractivity contribution in [1.29, 1.82) is 0 Å². The molecule has 2 aromatic rings. The molecule has 0 saturated heterocycles. The number of amides is 1. The van der Waals surface area contributed by atoms with Crippen LogP contribution >= 0.6 is 0 Å². The number of anilines is 1. The predicted molar refractivity (Wildman–Crippen MR) is 69.4 cm³/mol. The zero-order chi connectivity index (χ0) is 17.3. The molecule has 0 fully saturated rings. The second-order valence-electron chi connectivity index (χ2n) is 4.45. The summed E-state index contributed by atoms with van der Waals surface area (Å²) >= 11 is 0. The Morgan fingerprint density at radius 2 is 1.96 bits per heavy atom. The molecule has 0 bridgehead atoms. The summed E-state index contributed by atoms with van der Waals surface area (Å²) in [5.41, 5.74) is -3.24. The minimum absolute atomic E-state index is 0.511. The molecular weight excluding hydrogens is 322 g/mol. The number of aryl methyl sites for hydroxylation is 1. The van der Waals surface area contributed by atoms with E-state index in [1.54, 1.807) is 0 Å². The molecule has 1 amide bonds. The number of aromatic carboxylic acids is 1. The van der Waals surface area contributed by atoms with Crippen LogP contribution < -0.4 is 5.32 Å². The highest BCUT2D eigenvalue weighted by atomic mass is 19.3. The molecule has 0 radical (unpaired) electrons. The molecule has 6 nitrogen and oxygen atoms in total. The first-order valence-electron chi connectivity index (χ1n) is 6.06. The molecule has 1 heterocycles. The van der Waals surface area contributed by atoms with Crippen LogP contribution in [-0.2, 0) is 7.05 Å². The van der Waals surface area contributed by atoms with E-state index in [1.165, 1.54) is 7.05 Å². The van der Waals surface area contributed by atoms with Gasteiger partial charge in [-0.1, -0.05) is 0 Å². The lowest BCUT2D eigenvalue weighted by molar-refractivity contribution is 0.0686. The maximum absolute atomic E-state index is 13.9. The van der Waals surface area contributed by atoms with E-state index < -0.39 is 52.4 Å². The number of carboxylic acid groups (broad SMARTS) is 1. The Balaban J connectivity index is 2.39. The monoisotopic (exact) mass is 331 g/mol. The Labute approximate surface area is 126 Å². The third-order valence-electron chi connectivity index (χ3n) is 2.86. The molecule has 0 aliphatic rings. The minimum Gasteiger partial charge on any atom is -0.477 e. The highest BCUT2D eigenvalue weighted by Crippen LogP contribution is 2.24. The Morgan fingerprint density at radius 1 is 1.30 bits per heavy atom. The first-order valence-corrected chi connectivity index (χ1v) is 6.06. The van der Waals surface area contributed by atoms with Gasteiger partial charge in [0.05, 0.1) is 11.3 Å². The summed E-state index contributed by atoms with van der Waals surface area (Å²) in [5.74, 6) is -5.85. The number of hydrogen-bond donors (Lipinski definition) is 2. The summed E-state index contributed by atoms with van der Waals surface area (Å²) in [6, 6.07) is 1.42. The zero-order valence-electron chi connectivity index (χ0n) is 11.5. The van der Waals surface area contributed by atoms with Gasteiger partial charge in [0, 0.05) is 13.2 Å². The van der Waals surface area contributed by atoms with Crippen LogP contribution in [0.3, 0.4) is 0 Å². The molecule has 2 N–H and O–H groups in total. The molecule has 0 aliphatic carbocycles. The fourth-order valence-electron chi connectivity index (χ4n) is 1.88. The highest BCUT2D eigenvalue weighted by Gasteiger charge is 2.25. The molecule has 0 atom stereocenters. The predicted octanol–water partition coefficient (Wildman–Crippen LogP) is 2.59.